The topological polar surface area (TPSA) is 102 Å². The molecule has 0 radical (unpaired) electrons. The SMILES string of the molecule is COc1ccc(S(=O)(=O)N(CC(=O)O)c2ccc(Oc3ccccc3)cc2)cc1OC. The Morgan fingerprint density at radius 3 is 2.06 bits per heavy atom. The van der Waals surface area contributed by atoms with Gasteiger partial charge < -0.3 is 19.3 Å². The van der Waals surface area contributed by atoms with Crippen molar-refractivity contribution in [3.05, 3.63) is 72.8 Å². The molecule has 0 fully saturated rings. The molecule has 0 aliphatic heterocycles. The third kappa shape index (κ3) is 5.07. The van der Waals surface area contributed by atoms with E-state index < -0.39 is 22.5 Å². The minimum Gasteiger partial charge on any atom is -0.493 e. The lowest BCUT2D eigenvalue weighted by Crippen LogP contribution is -2.35. The lowest BCUT2D eigenvalue weighted by atomic mass is 10.3. The Labute approximate surface area is 180 Å². The van der Waals surface area contributed by atoms with Gasteiger partial charge in [-0.05, 0) is 48.5 Å². The second-order valence-electron chi connectivity index (χ2n) is 6.33. The molecule has 0 aliphatic carbocycles. The van der Waals surface area contributed by atoms with Crippen molar-refractivity contribution in [2.75, 3.05) is 25.1 Å². The zero-order valence-corrected chi connectivity index (χ0v) is 17.7. The number of para-hydroxylation sites is 1. The Morgan fingerprint density at radius 2 is 1.48 bits per heavy atom. The van der Waals surface area contributed by atoms with Gasteiger partial charge in [-0.1, -0.05) is 18.2 Å². The number of anilines is 1. The summed E-state index contributed by atoms with van der Waals surface area (Å²) in [5.41, 5.74) is 0.178. The van der Waals surface area contributed by atoms with Crippen LogP contribution in [-0.4, -0.2) is 40.3 Å². The predicted molar refractivity (Wildman–Crippen MR) is 115 cm³/mol. The predicted octanol–water partition coefficient (Wildman–Crippen LogP) is 3.78. The first-order valence-corrected chi connectivity index (χ1v) is 10.6. The number of nitrogens with zero attached hydrogens (tertiary/aromatic N) is 1. The lowest BCUT2D eigenvalue weighted by molar-refractivity contribution is -0.135. The molecule has 0 aromatic heterocycles. The van der Waals surface area contributed by atoms with Crippen molar-refractivity contribution in [2.24, 2.45) is 0 Å². The van der Waals surface area contributed by atoms with Crippen LogP contribution in [0.15, 0.2) is 77.7 Å². The van der Waals surface area contributed by atoms with E-state index in [2.05, 4.69) is 0 Å². The minimum absolute atomic E-state index is 0.129. The first-order valence-electron chi connectivity index (χ1n) is 9.14. The van der Waals surface area contributed by atoms with Gasteiger partial charge in [-0.2, -0.15) is 0 Å². The molecule has 9 heteroatoms. The molecule has 162 valence electrons. The standard InChI is InChI=1S/C22H21NO7S/c1-28-20-13-12-19(14-21(20)29-2)31(26,27)23(15-22(24)25)16-8-10-18(11-9-16)30-17-6-4-3-5-7-17/h3-14H,15H2,1-2H3,(H,24,25). The number of methoxy groups -OCH3 is 2. The van der Waals surface area contributed by atoms with Gasteiger partial charge in [0.1, 0.15) is 18.0 Å². The molecule has 0 bridgehead atoms. The second-order valence-corrected chi connectivity index (χ2v) is 8.19. The van der Waals surface area contributed by atoms with Crippen LogP contribution in [-0.2, 0) is 14.8 Å². The lowest BCUT2D eigenvalue weighted by Gasteiger charge is -2.23. The summed E-state index contributed by atoms with van der Waals surface area (Å²) in [6.45, 7) is -0.754. The summed E-state index contributed by atoms with van der Waals surface area (Å²) in [6.07, 6.45) is 0. The van der Waals surface area contributed by atoms with Crippen LogP contribution in [0.2, 0.25) is 0 Å². The van der Waals surface area contributed by atoms with Gasteiger partial charge in [0.2, 0.25) is 0 Å². The molecular weight excluding hydrogens is 422 g/mol. The number of carboxylic acids is 1. The Balaban J connectivity index is 1.95. The number of ether oxygens (including phenoxy) is 3. The molecule has 0 heterocycles. The summed E-state index contributed by atoms with van der Waals surface area (Å²) < 4.78 is 43.3. The zero-order valence-electron chi connectivity index (χ0n) is 16.9. The number of aliphatic carboxylic acids is 1. The number of sulfonamides is 1. The maximum absolute atomic E-state index is 13.2. The van der Waals surface area contributed by atoms with Gasteiger partial charge in [0.15, 0.2) is 11.5 Å². The van der Waals surface area contributed by atoms with Crippen LogP contribution in [0.4, 0.5) is 5.69 Å². The highest BCUT2D eigenvalue weighted by Crippen LogP contribution is 2.33. The number of carboxylic acid groups (broad SMARTS) is 1. The molecule has 3 aromatic carbocycles. The number of hydrogen-bond donors (Lipinski definition) is 1. The van der Waals surface area contributed by atoms with Crippen molar-refractivity contribution in [3.8, 4) is 23.0 Å². The van der Waals surface area contributed by atoms with Crippen molar-refractivity contribution < 1.29 is 32.5 Å². The number of benzene rings is 3. The van der Waals surface area contributed by atoms with Crippen molar-refractivity contribution in [1.82, 2.24) is 0 Å². The van der Waals surface area contributed by atoms with Crippen molar-refractivity contribution in [1.29, 1.82) is 0 Å². The highest BCUT2D eigenvalue weighted by Gasteiger charge is 2.28. The number of rotatable bonds is 9. The van der Waals surface area contributed by atoms with Gasteiger partial charge in [0, 0.05) is 6.07 Å². The molecule has 0 spiro atoms. The van der Waals surface area contributed by atoms with Crippen LogP contribution in [0.25, 0.3) is 0 Å². The maximum atomic E-state index is 13.2. The summed E-state index contributed by atoms with van der Waals surface area (Å²) in [4.78, 5) is 11.3. The molecule has 0 atom stereocenters. The molecule has 0 saturated carbocycles. The normalized spacial score (nSPS) is 10.9. The Bertz CT molecular complexity index is 1150. The zero-order chi connectivity index (χ0) is 22.4. The monoisotopic (exact) mass is 443 g/mol. The highest BCUT2D eigenvalue weighted by molar-refractivity contribution is 7.92. The summed E-state index contributed by atoms with van der Waals surface area (Å²) >= 11 is 0. The fourth-order valence-electron chi connectivity index (χ4n) is 2.85. The van der Waals surface area contributed by atoms with Crippen LogP contribution >= 0.6 is 0 Å². The third-order valence-electron chi connectivity index (χ3n) is 4.33. The van der Waals surface area contributed by atoms with E-state index in [1.165, 1.54) is 44.6 Å². The van der Waals surface area contributed by atoms with E-state index in [1.54, 1.807) is 24.3 Å². The Morgan fingerprint density at radius 1 is 0.871 bits per heavy atom. The fraction of sp³-hybridized carbons (Fsp3) is 0.136. The van der Waals surface area contributed by atoms with Gasteiger partial charge in [0.05, 0.1) is 24.8 Å². The minimum atomic E-state index is -4.20. The molecule has 0 amide bonds. The van der Waals surface area contributed by atoms with E-state index in [0.717, 1.165) is 4.31 Å². The summed E-state index contributed by atoms with van der Waals surface area (Å²) in [6, 6.07) is 19.3. The fourth-order valence-corrected chi connectivity index (χ4v) is 4.28. The molecule has 31 heavy (non-hydrogen) atoms. The van der Waals surface area contributed by atoms with E-state index >= 15 is 0 Å². The van der Waals surface area contributed by atoms with E-state index in [1.807, 2.05) is 18.2 Å². The second kappa shape index (κ2) is 9.40. The van der Waals surface area contributed by atoms with Crippen molar-refractivity contribution in [3.63, 3.8) is 0 Å². The summed E-state index contributed by atoms with van der Waals surface area (Å²) in [5.74, 6) is 0.372. The number of carbonyl (C=O) groups is 1. The largest absolute Gasteiger partial charge is 0.493 e. The molecule has 0 saturated heterocycles. The van der Waals surface area contributed by atoms with Crippen LogP contribution in [0, 0.1) is 0 Å². The van der Waals surface area contributed by atoms with Crippen molar-refractivity contribution >= 4 is 21.7 Å². The summed E-state index contributed by atoms with van der Waals surface area (Å²) in [5, 5.41) is 9.31. The van der Waals surface area contributed by atoms with Gasteiger partial charge in [-0.3, -0.25) is 9.10 Å². The molecule has 3 aromatic rings. The average Bonchev–Trinajstić information content (AvgIpc) is 2.78. The molecule has 0 aliphatic rings. The quantitative estimate of drug-likeness (QED) is 0.537. The molecule has 3 rings (SSSR count). The van der Waals surface area contributed by atoms with Crippen LogP contribution < -0.4 is 18.5 Å². The van der Waals surface area contributed by atoms with E-state index in [9.17, 15) is 18.3 Å². The van der Waals surface area contributed by atoms with Gasteiger partial charge in [-0.25, -0.2) is 8.42 Å². The highest BCUT2D eigenvalue weighted by atomic mass is 32.2. The Kier molecular flexibility index (Phi) is 6.66. The van der Waals surface area contributed by atoms with E-state index in [4.69, 9.17) is 14.2 Å². The average molecular weight is 443 g/mol. The van der Waals surface area contributed by atoms with Crippen LogP contribution in [0.5, 0.6) is 23.0 Å². The molecule has 8 nitrogen and oxygen atoms in total. The first-order chi connectivity index (χ1) is 14.8. The maximum Gasteiger partial charge on any atom is 0.324 e. The summed E-state index contributed by atoms with van der Waals surface area (Å²) in [7, 11) is -1.39. The van der Waals surface area contributed by atoms with Gasteiger partial charge >= 0.3 is 5.97 Å². The van der Waals surface area contributed by atoms with Crippen LogP contribution in [0.1, 0.15) is 0 Å². The van der Waals surface area contributed by atoms with Gasteiger partial charge in [0.25, 0.3) is 10.0 Å². The molecular formula is C22H21NO7S. The first kappa shape index (κ1) is 22.0. The Hall–Kier alpha value is -3.72. The molecule has 0 unspecified atom stereocenters. The smallest absolute Gasteiger partial charge is 0.324 e. The molecule has 1 N–H and O–H groups in total. The van der Waals surface area contributed by atoms with E-state index in [0.29, 0.717) is 17.2 Å². The third-order valence-corrected chi connectivity index (χ3v) is 6.10. The number of hydrogen-bond acceptors (Lipinski definition) is 6. The van der Waals surface area contributed by atoms with Crippen molar-refractivity contribution in [2.45, 2.75) is 4.90 Å². The van der Waals surface area contributed by atoms with Crippen LogP contribution in [0.3, 0.4) is 0 Å². The van der Waals surface area contributed by atoms with Gasteiger partial charge in [-0.15, -0.1) is 0 Å². The van der Waals surface area contributed by atoms with E-state index in [-0.39, 0.29) is 16.3 Å².